The molecule has 4 aliphatic carbocycles. The van der Waals surface area contributed by atoms with Gasteiger partial charge in [-0.2, -0.15) is 0 Å². The molecule has 114 heavy (non-hydrogen) atoms. The quantitative estimate of drug-likeness (QED) is 0.108. The molecule has 10 aliphatic rings. The van der Waals surface area contributed by atoms with Crippen LogP contribution in [-0.4, -0.2) is 154 Å². The number of ether oxygens (including phenoxy) is 6. The predicted octanol–water partition coefficient (Wildman–Crippen LogP) is 15.0. The van der Waals surface area contributed by atoms with Crippen LogP contribution < -0.4 is 28.7 Å². The zero-order valence-electron chi connectivity index (χ0n) is 67.2. The minimum Gasteiger partial charge on any atom is -0.479 e. The summed E-state index contributed by atoms with van der Waals surface area (Å²) < 4.78 is 84.3. The number of hydrogen-bond donors (Lipinski definition) is 2. The molecule has 612 valence electrons. The Balaban J connectivity index is 0.000000180. The number of rotatable bonds is 12. The standard InChI is InChI=1S/2C44H56ClN5O6S/c2*1-6-8-34-20-32-22-39(54-4)35-14-12-31(35)23-50-26-44(17-7-9-29-19-33(45)13-15-37(29)44)18-16-28-10-11-30(21-38(28)50)41(51)47-57(53,25-27(2)40(32)56-34)48-42(52)36-24-49(3)46-43(36)55-5/h2*6,10-11,13,15,19,21,24,27,31-32,34-35,39-40H,1,7-9,12,14,16-18,20,22-23,25-26H2,2-5H3,(H,47,48,51,52,53)/t27-,31+,32-,34+,35-,39+,40-,44-,57?;27-,31+,32-,34-,35-,39+,40-,44-,57?/m11/s1. The van der Waals surface area contributed by atoms with E-state index in [-0.39, 0.29) is 106 Å². The zero-order valence-corrected chi connectivity index (χ0v) is 70.3. The summed E-state index contributed by atoms with van der Waals surface area (Å²) in [6, 6.07) is 24.5. The number of amides is 4. The van der Waals surface area contributed by atoms with E-state index in [1.807, 2.05) is 64.5 Å². The molecule has 18 atom stereocenters. The Morgan fingerprint density at radius 1 is 0.561 bits per heavy atom. The summed E-state index contributed by atoms with van der Waals surface area (Å²) in [5.41, 5.74) is 10.6. The van der Waals surface area contributed by atoms with Crippen LogP contribution in [0.15, 0.2) is 119 Å². The fourth-order valence-electron chi connectivity index (χ4n) is 21.6. The normalized spacial score (nSPS) is 32.5. The van der Waals surface area contributed by atoms with Gasteiger partial charge in [0, 0.05) is 110 Å². The number of aryl methyl sites for hydroxylation is 6. The highest BCUT2D eigenvalue weighted by Gasteiger charge is 2.50. The highest BCUT2D eigenvalue weighted by Crippen LogP contribution is 2.52. The number of halogens is 2. The van der Waals surface area contributed by atoms with E-state index in [0.29, 0.717) is 47.6 Å². The zero-order chi connectivity index (χ0) is 80.1. The molecule has 2 N–H and O–H groups in total. The summed E-state index contributed by atoms with van der Waals surface area (Å²) in [5, 5.41) is 9.97. The second kappa shape index (κ2) is 33.9. The van der Waals surface area contributed by atoms with E-state index in [2.05, 4.69) is 87.7 Å². The highest BCUT2D eigenvalue weighted by molar-refractivity contribution is 7.92. The molecule has 2 aromatic heterocycles. The van der Waals surface area contributed by atoms with Gasteiger partial charge in [0.05, 0.1) is 62.3 Å². The number of hydrogen-bond acceptors (Lipinski definition) is 16. The van der Waals surface area contributed by atoms with Crippen molar-refractivity contribution < 1.29 is 56.0 Å². The van der Waals surface area contributed by atoms with Crippen molar-refractivity contribution in [2.75, 3.05) is 75.9 Å². The van der Waals surface area contributed by atoms with Crippen LogP contribution in [0, 0.1) is 47.3 Å². The molecule has 16 rings (SSSR count). The van der Waals surface area contributed by atoms with Gasteiger partial charge in [-0.15, -0.1) is 32.1 Å². The van der Waals surface area contributed by atoms with Gasteiger partial charge in [-0.05, 0) is 258 Å². The number of carbonyl (C=O) groups excluding carboxylic acids is 4. The lowest BCUT2D eigenvalue weighted by atomic mass is 9.66. The minimum atomic E-state index is -3.70. The van der Waals surface area contributed by atoms with E-state index >= 15 is 8.42 Å². The molecule has 2 saturated carbocycles. The summed E-state index contributed by atoms with van der Waals surface area (Å²) in [6.07, 6.45) is 25.3. The van der Waals surface area contributed by atoms with Gasteiger partial charge >= 0.3 is 0 Å². The van der Waals surface area contributed by atoms with Gasteiger partial charge in [0.25, 0.3) is 23.6 Å². The van der Waals surface area contributed by atoms with E-state index in [1.165, 1.54) is 69.4 Å². The van der Waals surface area contributed by atoms with E-state index in [9.17, 15) is 19.2 Å². The van der Waals surface area contributed by atoms with Crippen molar-refractivity contribution in [3.63, 3.8) is 0 Å². The molecular formula is C88H112Cl2N10O12S2. The maximum absolute atomic E-state index is 15.1. The summed E-state index contributed by atoms with van der Waals surface area (Å²) in [7, 11) is 2.45. The van der Waals surface area contributed by atoms with E-state index in [0.717, 1.165) is 163 Å². The summed E-state index contributed by atoms with van der Waals surface area (Å²) in [5.74, 6) is -1.45. The summed E-state index contributed by atoms with van der Waals surface area (Å²) >= 11 is 13.1. The second-order valence-electron chi connectivity index (χ2n) is 34.5. The molecule has 2 spiro atoms. The lowest BCUT2D eigenvalue weighted by Crippen LogP contribution is -2.49. The third-order valence-corrected chi connectivity index (χ3v) is 31.6. The fourth-order valence-corrected chi connectivity index (χ4v) is 25.8. The number of nitrogens with one attached hydrogen (secondary N) is 2. The first-order valence-corrected chi connectivity index (χ1v) is 45.2. The second-order valence-corrected chi connectivity index (χ2v) is 39.4. The van der Waals surface area contributed by atoms with Gasteiger partial charge in [-0.1, -0.05) is 73.5 Å². The van der Waals surface area contributed by atoms with E-state index in [4.69, 9.17) is 51.6 Å². The topological polar surface area (TPSA) is 249 Å². The maximum Gasteiger partial charge on any atom is 0.286 e. The van der Waals surface area contributed by atoms with Crippen molar-refractivity contribution in [2.24, 2.45) is 70.2 Å². The van der Waals surface area contributed by atoms with Gasteiger partial charge < -0.3 is 38.2 Å². The molecule has 0 radical (unpaired) electrons. The van der Waals surface area contributed by atoms with Crippen LogP contribution in [0.2, 0.25) is 10.0 Å². The van der Waals surface area contributed by atoms with Crippen molar-refractivity contribution in [1.82, 2.24) is 29.0 Å². The van der Waals surface area contributed by atoms with Crippen LogP contribution in [0.1, 0.15) is 191 Å². The molecule has 2 unspecified atom stereocenters. The van der Waals surface area contributed by atoms with Crippen LogP contribution in [0.4, 0.5) is 11.4 Å². The Hall–Kier alpha value is -7.42. The first-order valence-electron chi connectivity index (χ1n) is 41.1. The van der Waals surface area contributed by atoms with Crippen molar-refractivity contribution >= 4 is 78.0 Å². The third-order valence-electron chi connectivity index (χ3n) is 27.2. The number of nitrogens with zero attached hydrogens (tertiary/aromatic N) is 8. The fraction of sp³-hybridized carbons (Fsp3) is 0.568. The Morgan fingerprint density at radius 2 is 0.982 bits per heavy atom. The molecule has 6 aromatic rings. The number of carbonyl (C=O) groups is 4. The van der Waals surface area contributed by atoms with Gasteiger partial charge in [-0.3, -0.25) is 38.0 Å². The van der Waals surface area contributed by atoms with Crippen molar-refractivity contribution in [3.05, 3.63) is 176 Å². The van der Waals surface area contributed by atoms with Crippen LogP contribution in [0.5, 0.6) is 11.8 Å². The van der Waals surface area contributed by atoms with E-state index < -0.39 is 43.5 Å². The monoisotopic (exact) mass is 1630 g/mol. The molecule has 4 bridgehead atoms. The number of benzene rings is 4. The van der Waals surface area contributed by atoms with Gasteiger partial charge in [0.1, 0.15) is 31.0 Å². The van der Waals surface area contributed by atoms with E-state index in [1.54, 1.807) is 26.2 Å². The molecule has 4 amide bonds. The smallest absolute Gasteiger partial charge is 0.286 e. The third kappa shape index (κ3) is 16.8. The number of methoxy groups -OCH3 is 4. The number of fused-ring (bicyclic) bond motifs is 10. The van der Waals surface area contributed by atoms with Gasteiger partial charge in [0.2, 0.25) is 11.8 Å². The lowest BCUT2D eigenvalue weighted by Gasteiger charge is -2.47. The van der Waals surface area contributed by atoms with Crippen LogP contribution >= 0.6 is 23.2 Å². The largest absolute Gasteiger partial charge is 0.479 e. The maximum atomic E-state index is 15.1. The molecule has 4 fully saturated rings. The first kappa shape index (κ1) is 81.7. The van der Waals surface area contributed by atoms with Gasteiger partial charge in [0.15, 0.2) is 0 Å². The molecule has 2 saturated heterocycles. The molecule has 26 heteroatoms. The average Bonchev–Trinajstić information content (AvgIpc) is 1.48. The Morgan fingerprint density at radius 3 is 1.36 bits per heavy atom. The lowest BCUT2D eigenvalue weighted by molar-refractivity contribution is -0.0440. The average molecular weight is 1640 g/mol. The molecule has 22 nitrogen and oxygen atoms in total. The Labute approximate surface area is 682 Å². The van der Waals surface area contributed by atoms with Crippen LogP contribution in [-0.2, 0) is 89.4 Å². The Kier molecular flexibility index (Phi) is 24.3. The minimum absolute atomic E-state index is 0.0279. The molecule has 8 heterocycles. The first-order chi connectivity index (χ1) is 54.8. The molecular weight excluding hydrogens is 1520 g/mol. The number of anilines is 2. The number of aromatic nitrogens is 4. The summed E-state index contributed by atoms with van der Waals surface area (Å²) in [4.78, 5) is 61.5. The Bertz CT molecular complexity index is 4630. The summed E-state index contributed by atoms with van der Waals surface area (Å²) in [6.45, 7) is 15.2. The van der Waals surface area contributed by atoms with Crippen LogP contribution in [0.25, 0.3) is 0 Å². The molecule has 6 aliphatic heterocycles. The van der Waals surface area contributed by atoms with Crippen LogP contribution in [0.3, 0.4) is 0 Å². The van der Waals surface area contributed by atoms with Crippen molar-refractivity contribution in [1.29, 1.82) is 0 Å². The van der Waals surface area contributed by atoms with Gasteiger partial charge in [-0.25, -0.2) is 8.42 Å². The van der Waals surface area contributed by atoms with Crippen molar-refractivity contribution in [2.45, 2.75) is 190 Å². The predicted molar refractivity (Wildman–Crippen MR) is 445 cm³/mol. The highest BCUT2D eigenvalue weighted by atomic mass is 35.5. The SMILES string of the molecule is C=CC[C@@H]1C[C@@H]2C[C@H](OC)[C@@H]3CC[C@H]3CN3C[C@@]4(CCCc5cc(Cl)ccc54)CCc4ccc(cc43)C(=O)N=S(=O)(NC(=O)c3cn(C)nc3OC)C[C@@H](C)[C@H]2O1.C=CC[C@H]1C[C@@H]2C[C@H](OC)[C@@H]3CC[C@H]3CN3C[C@@]4(CCCc5cc(Cl)ccc54)CCc4ccc(cc43)C(=O)N=S(=O)(NC(=O)c3cn(C)nc3OC)C[C@@H](C)[C@H]2O1. The van der Waals surface area contributed by atoms with Crippen molar-refractivity contribution in [3.8, 4) is 11.8 Å². The molecule has 4 aromatic carbocycles.